The van der Waals surface area contributed by atoms with E-state index < -0.39 is 25.5 Å². The van der Waals surface area contributed by atoms with Gasteiger partial charge in [0.15, 0.2) is 0 Å². The van der Waals surface area contributed by atoms with Gasteiger partial charge in [0.05, 0.1) is 21.2 Å². The van der Waals surface area contributed by atoms with Crippen LogP contribution in [-0.2, 0) is 32.9 Å². The Hall–Kier alpha value is -3.62. The van der Waals surface area contributed by atoms with Crippen molar-refractivity contribution in [2.45, 2.75) is 36.5 Å². The van der Waals surface area contributed by atoms with E-state index in [2.05, 4.69) is 0 Å². The summed E-state index contributed by atoms with van der Waals surface area (Å²) in [5.41, 5.74) is 4.39. The van der Waals surface area contributed by atoms with Crippen molar-refractivity contribution in [3.8, 4) is 0 Å². The second-order valence-electron chi connectivity index (χ2n) is 10.8. The summed E-state index contributed by atoms with van der Waals surface area (Å²) in [6, 6.07) is 28.8. The predicted molar refractivity (Wildman–Crippen MR) is 154 cm³/mol. The Labute approximate surface area is 230 Å². The third-order valence-electron chi connectivity index (χ3n) is 7.83. The molecule has 0 amide bonds. The number of benzene rings is 4. The van der Waals surface area contributed by atoms with Crippen LogP contribution in [0.4, 0.5) is 11.4 Å². The molecule has 0 bridgehead atoms. The highest BCUT2D eigenvalue weighted by molar-refractivity contribution is 7.93. The topological polar surface area (TPSA) is 74.8 Å². The van der Waals surface area contributed by atoms with E-state index in [1.807, 2.05) is 62.4 Å². The van der Waals surface area contributed by atoms with Crippen molar-refractivity contribution >= 4 is 31.4 Å². The first-order valence-corrected chi connectivity index (χ1v) is 15.8. The fraction of sp³-hybridized carbons (Fsp3) is 0.226. The Kier molecular flexibility index (Phi) is 6.08. The molecular weight excluding hydrogens is 528 g/mol. The van der Waals surface area contributed by atoms with E-state index in [4.69, 9.17) is 0 Å². The molecule has 4 aromatic carbocycles. The smallest absolute Gasteiger partial charge is 0.264 e. The van der Waals surface area contributed by atoms with Crippen LogP contribution in [0.15, 0.2) is 107 Å². The SMILES string of the molecule is Cc1ccc(S(=O)(=O)N2CC3(Cc4ccccc42)Cc2ccccc2N(S(=O)(=O)c2ccc(C)cc2)C3)cc1. The van der Waals surface area contributed by atoms with Gasteiger partial charge in [0.25, 0.3) is 20.0 Å². The Morgan fingerprint density at radius 3 is 1.28 bits per heavy atom. The number of rotatable bonds is 4. The molecule has 0 atom stereocenters. The molecule has 200 valence electrons. The molecule has 0 radical (unpaired) electrons. The second-order valence-corrected chi connectivity index (χ2v) is 14.5. The molecule has 0 unspecified atom stereocenters. The van der Waals surface area contributed by atoms with Gasteiger partial charge in [-0.3, -0.25) is 8.61 Å². The maximum atomic E-state index is 14.1. The molecule has 2 heterocycles. The summed E-state index contributed by atoms with van der Waals surface area (Å²) >= 11 is 0. The van der Waals surface area contributed by atoms with Crippen LogP contribution in [0.3, 0.4) is 0 Å². The van der Waals surface area contributed by atoms with E-state index in [1.165, 1.54) is 8.61 Å². The van der Waals surface area contributed by atoms with Gasteiger partial charge in [-0.1, -0.05) is 71.8 Å². The minimum atomic E-state index is -3.89. The zero-order valence-corrected chi connectivity index (χ0v) is 23.5. The lowest BCUT2D eigenvalue weighted by molar-refractivity contribution is 0.287. The van der Waals surface area contributed by atoms with Crippen LogP contribution in [0.1, 0.15) is 22.3 Å². The Morgan fingerprint density at radius 2 is 0.897 bits per heavy atom. The van der Waals surface area contributed by atoms with Crippen LogP contribution in [0.2, 0.25) is 0 Å². The minimum absolute atomic E-state index is 0.175. The van der Waals surface area contributed by atoms with E-state index in [-0.39, 0.29) is 22.9 Å². The maximum Gasteiger partial charge on any atom is 0.264 e. The molecule has 4 aromatic rings. The Balaban J connectivity index is 1.48. The van der Waals surface area contributed by atoms with Gasteiger partial charge in [0.1, 0.15) is 0 Å². The standard InChI is InChI=1S/C31H30N2O4S2/c1-23-11-15-27(16-12-23)38(34,35)32-21-31(19-25-7-3-5-9-29(25)32)20-26-8-4-6-10-30(26)33(22-31)39(36,37)28-17-13-24(2)14-18-28/h3-18H,19-22H2,1-2H3. The van der Waals surface area contributed by atoms with Crippen molar-refractivity contribution in [3.05, 3.63) is 119 Å². The molecule has 1 spiro atoms. The van der Waals surface area contributed by atoms with Gasteiger partial charge in [0.2, 0.25) is 0 Å². The van der Waals surface area contributed by atoms with Crippen LogP contribution < -0.4 is 8.61 Å². The number of hydrogen-bond acceptors (Lipinski definition) is 4. The molecule has 2 aliphatic rings. The van der Waals surface area contributed by atoms with E-state index in [1.54, 1.807) is 48.5 Å². The molecule has 6 rings (SSSR count). The average Bonchev–Trinajstić information content (AvgIpc) is 2.92. The molecule has 39 heavy (non-hydrogen) atoms. The fourth-order valence-electron chi connectivity index (χ4n) is 5.83. The lowest BCUT2D eigenvalue weighted by Gasteiger charge is -2.49. The van der Waals surface area contributed by atoms with Crippen molar-refractivity contribution in [1.82, 2.24) is 0 Å². The molecule has 0 saturated carbocycles. The minimum Gasteiger partial charge on any atom is -0.265 e. The average molecular weight is 559 g/mol. The predicted octanol–water partition coefficient (Wildman–Crippen LogP) is 5.49. The zero-order valence-electron chi connectivity index (χ0n) is 21.9. The summed E-state index contributed by atoms with van der Waals surface area (Å²) in [6.45, 7) is 4.19. The molecule has 2 aliphatic heterocycles. The Morgan fingerprint density at radius 1 is 0.538 bits per heavy atom. The van der Waals surface area contributed by atoms with E-state index in [0.29, 0.717) is 24.2 Å². The summed E-state index contributed by atoms with van der Waals surface area (Å²) in [5.74, 6) is 0. The second kappa shape index (κ2) is 9.24. The van der Waals surface area contributed by atoms with Crippen molar-refractivity contribution in [3.63, 3.8) is 0 Å². The lowest BCUT2D eigenvalue weighted by Crippen LogP contribution is -2.56. The lowest BCUT2D eigenvalue weighted by atomic mass is 9.72. The zero-order chi connectivity index (χ0) is 27.4. The molecule has 8 heteroatoms. The Bertz CT molecular complexity index is 1630. The van der Waals surface area contributed by atoms with Gasteiger partial charge in [0, 0.05) is 18.5 Å². The first-order valence-electron chi connectivity index (χ1n) is 12.9. The summed E-state index contributed by atoms with van der Waals surface area (Å²) in [5, 5.41) is 0. The fourth-order valence-corrected chi connectivity index (χ4v) is 9.07. The molecule has 0 fully saturated rings. The van der Waals surface area contributed by atoms with Crippen molar-refractivity contribution in [2.75, 3.05) is 21.7 Å². The summed E-state index contributed by atoms with van der Waals surface area (Å²) in [7, 11) is -7.78. The van der Waals surface area contributed by atoms with Crippen LogP contribution >= 0.6 is 0 Å². The molecule has 6 nitrogen and oxygen atoms in total. The third-order valence-corrected chi connectivity index (χ3v) is 11.4. The van der Waals surface area contributed by atoms with E-state index in [0.717, 1.165) is 22.3 Å². The summed E-state index contributed by atoms with van der Waals surface area (Å²) in [6.07, 6.45) is 1.13. The van der Waals surface area contributed by atoms with Crippen molar-refractivity contribution in [2.24, 2.45) is 5.41 Å². The molecule has 0 N–H and O–H groups in total. The summed E-state index contributed by atoms with van der Waals surface area (Å²) in [4.78, 5) is 0.445. The van der Waals surface area contributed by atoms with Gasteiger partial charge in [-0.2, -0.15) is 0 Å². The molecule has 0 aromatic heterocycles. The number of para-hydroxylation sites is 2. The number of sulfonamides is 2. The van der Waals surface area contributed by atoms with Crippen LogP contribution in [0.5, 0.6) is 0 Å². The van der Waals surface area contributed by atoms with Crippen molar-refractivity contribution in [1.29, 1.82) is 0 Å². The normalized spacial score (nSPS) is 16.6. The van der Waals surface area contributed by atoms with Gasteiger partial charge < -0.3 is 0 Å². The van der Waals surface area contributed by atoms with Gasteiger partial charge in [-0.05, 0) is 74.2 Å². The molecular formula is C31H30N2O4S2. The summed E-state index contributed by atoms with van der Waals surface area (Å²) < 4.78 is 59.2. The number of fused-ring (bicyclic) bond motifs is 2. The van der Waals surface area contributed by atoms with Crippen LogP contribution in [0.25, 0.3) is 0 Å². The highest BCUT2D eigenvalue weighted by Gasteiger charge is 2.48. The first-order chi connectivity index (χ1) is 18.6. The van der Waals surface area contributed by atoms with Crippen molar-refractivity contribution < 1.29 is 16.8 Å². The maximum absolute atomic E-state index is 14.1. The molecule has 0 saturated heterocycles. The highest BCUT2D eigenvalue weighted by atomic mass is 32.2. The van der Waals surface area contributed by atoms with Crippen LogP contribution in [-0.4, -0.2) is 29.9 Å². The molecule has 0 aliphatic carbocycles. The number of anilines is 2. The number of hydrogen-bond donors (Lipinski definition) is 0. The van der Waals surface area contributed by atoms with E-state index in [9.17, 15) is 16.8 Å². The quantitative estimate of drug-likeness (QED) is 0.332. The van der Waals surface area contributed by atoms with Gasteiger partial charge in [-0.25, -0.2) is 16.8 Å². The highest BCUT2D eigenvalue weighted by Crippen LogP contribution is 2.47. The third kappa shape index (κ3) is 4.41. The monoisotopic (exact) mass is 558 g/mol. The van der Waals surface area contributed by atoms with Crippen LogP contribution in [0, 0.1) is 19.3 Å². The van der Waals surface area contributed by atoms with Gasteiger partial charge in [-0.15, -0.1) is 0 Å². The largest absolute Gasteiger partial charge is 0.265 e. The number of nitrogens with zero attached hydrogens (tertiary/aromatic N) is 2. The van der Waals surface area contributed by atoms with E-state index >= 15 is 0 Å². The van der Waals surface area contributed by atoms with Gasteiger partial charge >= 0.3 is 0 Å². The first kappa shape index (κ1) is 25.6. The number of aryl methyl sites for hydroxylation is 2.